The molecule has 1 aromatic heterocycles. The van der Waals surface area contributed by atoms with Gasteiger partial charge in [0.2, 0.25) is 0 Å². The maximum Gasteiger partial charge on any atom is 0.0446 e. The van der Waals surface area contributed by atoms with Crippen LogP contribution in [0.3, 0.4) is 0 Å². The molecule has 1 rings (SSSR count). The van der Waals surface area contributed by atoms with Crippen LogP contribution in [0.25, 0.3) is 0 Å². The topological polar surface area (TPSA) is 12.0 Å². The molecule has 0 spiro atoms. The summed E-state index contributed by atoms with van der Waals surface area (Å²) in [4.78, 5) is 1.37. The van der Waals surface area contributed by atoms with Crippen molar-refractivity contribution in [3.63, 3.8) is 0 Å². The molecule has 0 bridgehead atoms. The fraction of sp³-hybridized carbons (Fsp3) is 0.600. The second kappa shape index (κ2) is 5.33. The van der Waals surface area contributed by atoms with Crippen LogP contribution in [0.5, 0.6) is 0 Å². The molecule has 0 aliphatic rings. The Kier molecular flexibility index (Phi) is 4.33. The van der Waals surface area contributed by atoms with Crippen LogP contribution in [0.4, 0.5) is 0 Å². The first-order valence-corrected chi connectivity index (χ1v) is 5.32. The van der Waals surface area contributed by atoms with E-state index in [1.165, 1.54) is 17.7 Å². The van der Waals surface area contributed by atoms with Gasteiger partial charge in [-0.25, -0.2) is 0 Å². The summed E-state index contributed by atoms with van der Waals surface area (Å²) in [5, 5.41) is 6.56. The summed E-state index contributed by atoms with van der Waals surface area (Å²) in [6.07, 6.45) is 2.51. The van der Waals surface area contributed by atoms with Crippen molar-refractivity contribution in [3.05, 3.63) is 22.4 Å². The summed E-state index contributed by atoms with van der Waals surface area (Å²) in [6, 6.07) is 4.74. The predicted octanol–water partition coefficient (Wildman–Crippen LogP) is 2.83. The zero-order chi connectivity index (χ0) is 8.81. The van der Waals surface area contributed by atoms with E-state index >= 15 is 0 Å². The molecule has 0 fully saturated rings. The average Bonchev–Trinajstić information content (AvgIpc) is 2.53. The lowest BCUT2D eigenvalue weighted by Crippen LogP contribution is -2.24. The number of rotatable bonds is 5. The first-order chi connectivity index (χ1) is 5.83. The molecule has 0 saturated heterocycles. The van der Waals surface area contributed by atoms with E-state index in [0.29, 0.717) is 6.04 Å². The van der Waals surface area contributed by atoms with E-state index in [4.69, 9.17) is 0 Å². The zero-order valence-corrected chi connectivity index (χ0v) is 8.58. The van der Waals surface area contributed by atoms with Gasteiger partial charge in [-0.05, 0) is 25.5 Å². The largest absolute Gasteiger partial charge is 0.309 e. The molecular weight excluding hydrogens is 166 g/mol. The van der Waals surface area contributed by atoms with E-state index in [9.17, 15) is 0 Å². The Balaban J connectivity index is 2.17. The van der Waals surface area contributed by atoms with Crippen molar-refractivity contribution < 1.29 is 0 Å². The van der Waals surface area contributed by atoms with Gasteiger partial charge < -0.3 is 5.32 Å². The second-order valence-electron chi connectivity index (χ2n) is 3.09. The fourth-order valence-corrected chi connectivity index (χ4v) is 1.75. The fourth-order valence-electron chi connectivity index (χ4n) is 1.18. The Morgan fingerprint density at radius 2 is 2.50 bits per heavy atom. The van der Waals surface area contributed by atoms with Crippen molar-refractivity contribution in [2.75, 3.05) is 0 Å². The van der Waals surface area contributed by atoms with Crippen molar-refractivity contribution in [2.45, 2.75) is 39.3 Å². The molecule has 1 atom stereocenters. The van der Waals surface area contributed by atoms with E-state index in [2.05, 4.69) is 30.6 Å². The van der Waals surface area contributed by atoms with Crippen molar-refractivity contribution >= 4 is 11.3 Å². The molecular formula is C10H16NS. The summed E-state index contributed by atoms with van der Waals surface area (Å²) >= 11 is 1.70. The number of nitrogens with one attached hydrogen (secondary N) is 1. The lowest BCUT2D eigenvalue weighted by atomic mass is 10.2. The normalized spacial score (nSPS) is 13.2. The second-order valence-corrected chi connectivity index (χ2v) is 4.05. The minimum absolute atomic E-state index is 0.636. The van der Waals surface area contributed by atoms with Gasteiger partial charge in [-0.2, -0.15) is 0 Å². The van der Waals surface area contributed by atoms with Crippen molar-refractivity contribution in [2.24, 2.45) is 0 Å². The van der Waals surface area contributed by atoms with Gasteiger partial charge in [0, 0.05) is 22.8 Å². The van der Waals surface area contributed by atoms with Crippen LogP contribution in [-0.4, -0.2) is 6.04 Å². The van der Waals surface area contributed by atoms with Crippen LogP contribution in [0, 0.1) is 5.38 Å². The van der Waals surface area contributed by atoms with E-state index < -0.39 is 0 Å². The molecule has 1 nitrogen and oxygen atoms in total. The predicted molar refractivity (Wildman–Crippen MR) is 54.4 cm³/mol. The zero-order valence-electron chi connectivity index (χ0n) is 7.76. The minimum Gasteiger partial charge on any atom is -0.309 e. The van der Waals surface area contributed by atoms with Gasteiger partial charge in [0.1, 0.15) is 0 Å². The van der Waals surface area contributed by atoms with Crippen LogP contribution < -0.4 is 5.32 Å². The van der Waals surface area contributed by atoms with E-state index in [-0.39, 0.29) is 0 Å². The molecule has 1 aromatic rings. The Morgan fingerprint density at radius 3 is 3.08 bits per heavy atom. The van der Waals surface area contributed by atoms with Gasteiger partial charge in [-0.15, -0.1) is 11.3 Å². The number of hydrogen-bond donors (Lipinski definition) is 1. The van der Waals surface area contributed by atoms with Crippen molar-refractivity contribution in [1.29, 1.82) is 0 Å². The standard InChI is InChI=1S/C10H16NS/c1-3-5-9(2)11-8-10-6-4-7-12-10/h4,6,9,11H,3,5,8H2,1-2H3. The molecule has 1 radical (unpaired) electrons. The lowest BCUT2D eigenvalue weighted by Gasteiger charge is -2.10. The third kappa shape index (κ3) is 3.37. The molecule has 67 valence electrons. The summed E-state index contributed by atoms with van der Waals surface area (Å²) in [6.45, 7) is 5.45. The van der Waals surface area contributed by atoms with Gasteiger partial charge in [-0.1, -0.05) is 13.3 Å². The third-order valence-electron chi connectivity index (χ3n) is 1.87. The van der Waals surface area contributed by atoms with Crippen LogP contribution in [0.15, 0.2) is 12.1 Å². The first kappa shape index (κ1) is 9.75. The first-order valence-electron chi connectivity index (χ1n) is 4.51. The van der Waals surface area contributed by atoms with E-state index in [0.717, 1.165) is 6.54 Å². The van der Waals surface area contributed by atoms with Crippen LogP contribution in [0.1, 0.15) is 31.6 Å². The average molecular weight is 182 g/mol. The van der Waals surface area contributed by atoms with Crippen LogP contribution >= 0.6 is 11.3 Å². The Morgan fingerprint density at radius 1 is 1.67 bits per heavy atom. The highest BCUT2D eigenvalue weighted by Gasteiger charge is 1.99. The highest BCUT2D eigenvalue weighted by molar-refractivity contribution is 7.09. The summed E-state index contributed by atoms with van der Waals surface area (Å²) in [5.74, 6) is 0. The summed E-state index contributed by atoms with van der Waals surface area (Å²) in [5.41, 5.74) is 0. The van der Waals surface area contributed by atoms with Crippen molar-refractivity contribution in [1.82, 2.24) is 5.32 Å². The molecule has 0 aliphatic carbocycles. The number of thiophene rings is 1. The monoisotopic (exact) mass is 182 g/mol. The molecule has 1 heterocycles. The maximum absolute atomic E-state index is 3.48. The Labute approximate surface area is 78.8 Å². The van der Waals surface area contributed by atoms with Gasteiger partial charge in [-0.3, -0.25) is 0 Å². The highest BCUT2D eigenvalue weighted by Crippen LogP contribution is 2.07. The third-order valence-corrected chi connectivity index (χ3v) is 2.67. The molecule has 1 unspecified atom stereocenters. The van der Waals surface area contributed by atoms with Gasteiger partial charge in [0.15, 0.2) is 0 Å². The summed E-state index contributed by atoms with van der Waals surface area (Å²) in [7, 11) is 0. The molecule has 0 amide bonds. The molecule has 2 heteroatoms. The molecule has 0 aromatic carbocycles. The van der Waals surface area contributed by atoms with Crippen molar-refractivity contribution in [3.8, 4) is 0 Å². The van der Waals surface area contributed by atoms with Gasteiger partial charge >= 0.3 is 0 Å². The molecule has 12 heavy (non-hydrogen) atoms. The van der Waals surface area contributed by atoms with E-state index in [1.807, 2.05) is 6.07 Å². The minimum atomic E-state index is 0.636. The summed E-state index contributed by atoms with van der Waals surface area (Å²) < 4.78 is 0. The lowest BCUT2D eigenvalue weighted by molar-refractivity contribution is 0.511. The molecule has 0 saturated carbocycles. The Bertz CT molecular complexity index is 194. The Hall–Kier alpha value is -0.340. The van der Waals surface area contributed by atoms with Crippen LogP contribution in [-0.2, 0) is 6.54 Å². The van der Waals surface area contributed by atoms with Gasteiger partial charge in [0.05, 0.1) is 0 Å². The highest BCUT2D eigenvalue weighted by atomic mass is 32.1. The quantitative estimate of drug-likeness (QED) is 0.738. The molecule has 0 aliphatic heterocycles. The number of hydrogen-bond acceptors (Lipinski definition) is 2. The SMILES string of the molecule is CCCC(C)NCc1cc[c]s1. The van der Waals surface area contributed by atoms with E-state index in [1.54, 1.807) is 11.3 Å². The van der Waals surface area contributed by atoms with Gasteiger partial charge in [0.25, 0.3) is 0 Å². The maximum atomic E-state index is 3.48. The molecule has 1 N–H and O–H groups in total. The smallest absolute Gasteiger partial charge is 0.0446 e. The van der Waals surface area contributed by atoms with Crippen LogP contribution in [0.2, 0.25) is 0 Å².